The molecule has 19 heavy (non-hydrogen) atoms. The molecular formula is C15H23N3O. The van der Waals surface area contributed by atoms with Gasteiger partial charge in [-0.3, -0.25) is 4.68 Å². The fraction of sp³-hybridized carbons (Fsp3) is 0.733. The first-order chi connectivity index (χ1) is 9.11. The minimum atomic E-state index is -0.714. The summed E-state index contributed by atoms with van der Waals surface area (Å²) in [6, 6.07) is 2.40. The smallest absolute Gasteiger partial charge is 0.101 e. The molecule has 0 saturated heterocycles. The molecule has 1 N–H and O–H groups in total. The van der Waals surface area contributed by atoms with Crippen LogP contribution in [0, 0.1) is 22.7 Å². The van der Waals surface area contributed by atoms with Crippen LogP contribution in [-0.2, 0) is 7.05 Å². The summed E-state index contributed by atoms with van der Waals surface area (Å²) in [4.78, 5) is 0. The highest BCUT2D eigenvalue weighted by Gasteiger charge is 2.42. The summed E-state index contributed by atoms with van der Waals surface area (Å²) in [6.45, 7) is 2.20. The van der Waals surface area contributed by atoms with E-state index in [1.165, 1.54) is 12.8 Å². The van der Waals surface area contributed by atoms with E-state index in [9.17, 15) is 10.4 Å². The van der Waals surface area contributed by atoms with E-state index in [2.05, 4.69) is 18.1 Å². The third-order valence-corrected chi connectivity index (χ3v) is 4.48. The third kappa shape index (κ3) is 2.82. The maximum absolute atomic E-state index is 10.5. The maximum atomic E-state index is 10.5. The van der Waals surface area contributed by atoms with Crippen LogP contribution in [0.4, 0.5) is 0 Å². The lowest BCUT2D eigenvalue weighted by atomic mass is 9.66. The molecule has 2 rings (SSSR count). The van der Waals surface area contributed by atoms with Gasteiger partial charge in [0.1, 0.15) is 6.10 Å². The Morgan fingerprint density at radius 2 is 2.26 bits per heavy atom. The number of aryl methyl sites for hydroxylation is 1. The molecule has 1 saturated carbocycles. The number of aromatic nitrogens is 2. The summed E-state index contributed by atoms with van der Waals surface area (Å²) in [5, 5.41) is 24.2. The van der Waals surface area contributed by atoms with Gasteiger partial charge >= 0.3 is 0 Å². The second kappa shape index (κ2) is 5.75. The lowest BCUT2D eigenvalue weighted by Gasteiger charge is -2.38. The summed E-state index contributed by atoms with van der Waals surface area (Å²) in [6.07, 6.45) is 8.91. The summed E-state index contributed by atoms with van der Waals surface area (Å²) in [5.41, 5.74) is 0.144. The quantitative estimate of drug-likeness (QED) is 0.906. The molecule has 0 aromatic carbocycles. The zero-order chi connectivity index (χ0) is 13.9. The highest BCUT2D eigenvalue weighted by molar-refractivity contribution is 5.18. The topological polar surface area (TPSA) is 61.8 Å². The van der Waals surface area contributed by atoms with Crippen molar-refractivity contribution in [3.05, 3.63) is 18.0 Å². The molecule has 4 nitrogen and oxygen atoms in total. The molecule has 0 bridgehead atoms. The van der Waals surface area contributed by atoms with Crippen molar-refractivity contribution in [1.29, 1.82) is 5.26 Å². The fourth-order valence-electron chi connectivity index (χ4n) is 3.24. The van der Waals surface area contributed by atoms with Crippen molar-refractivity contribution >= 4 is 0 Å². The van der Waals surface area contributed by atoms with Crippen LogP contribution >= 0.6 is 0 Å². The van der Waals surface area contributed by atoms with Gasteiger partial charge in [-0.2, -0.15) is 10.4 Å². The Balaban J connectivity index is 2.10. The van der Waals surface area contributed by atoms with Crippen LogP contribution in [0.15, 0.2) is 12.4 Å². The van der Waals surface area contributed by atoms with Crippen molar-refractivity contribution in [2.24, 2.45) is 18.4 Å². The lowest BCUT2D eigenvalue weighted by molar-refractivity contribution is 0.0236. The van der Waals surface area contributed by atoms with Gasteiger partial charge in [-0.05, 0) is 31.6 Å². The number of hydrogen-bond acceptors (Lipinski definition) is 3. The molecule has 1 fully saturated rings. The van der Waals surface area contributed by atoms with Crippen LogP contribution < -0.4 is 0 Å². The van der Waals surface area contributed by atoms with Crippen molar-refractivity contribution in [2.75, 3.05) is 0 Å². The number of rotatable bonds is 4. The van der Waals surface area contributed by atoms with Gasteiger partial charge in [0.15, 0.2) is 0 Å². The van der Waals surface area contributed by atoms with Gasteiger partial charge in [-0.15, -0.1) is 0 Å². The molecule has 4 heteroatoms. The predicted molar refractivity (Wildman–Crippen MR) is 73.1 cm³/mol. The second-order valence-electron chi connectivity index (χ2n) is 5.85. The first-order valence-corrected chi connectivity index (χ1v) is 7.19. The molecule has 1 aliphatic carbocycles. The molecule has 0 radical (unpaired) electrons. The van der Waals surface area contributed by atoms with E-state index in [0.717, 1.165) is 37.2 Å². The minimum Gasteiger partial charge on any atom is -0.387 e. The van der Waals surface area contributed by atoms with E-state index in [1.807, 2.05) is 13.2 Å². The third-order valence-electron chi connectivity index (χ3n) is 4.48. The largest absolute Gasteiger partial charge is 0.387 e. The molecule has 1 aliphatic rings. The molecule has 0 spiro atoms. The van der Waals surface area contributed by atoms with Crippen LogP contribution in [-0.4, -0.2) is 14.9 Å². The maximum Gasteiger partial charge on any atom is 0.101 e. The van der Waals surface area contributed by atoms with Crippen molar-refractivity contribution in [3.63, 3.8) is 0 Å². The van der Waals surface area contributed by atoms with Crippen molar-refractivity contribution < 1.29 is 5.11 Å². The SMILES string of the molecule is CCCC1CCC(C#N)(C(O)c2cnn(C)c2)CC1. The van der Waals surface area contributed by atoms with Crippen molar-refractivity contribution in [1.82, 2.24) is 9.78 Å². The Bertz CT molecular complexity index is 452. The van der Waals surface area contributed by atoms with Crippen molar-refractivity contribution in [3.8, 4) is 6.07 Å². The zero-order valence-electron chi connectivity index (χ0n) is 11.8. The highest BCUT2D eigenvalue weighted by Crippen LogP contribution is 2.47. The van der Waals surface area contributed by atoms with E-state index < -0.39 is 11.5 Å². The highest BCUT2D eigenvalue weighted by atomic mass is 16.3. The monoisotopic (exact) mass is 261 g/mol. The van der Waals surface area contributed by atoms with E-state index in [1.54, 1.807) is 10.9 Å². The number of aliphatic hydroxyl groups is 1. The Labute approximate surface area is 115 Å². The number of nitrogens with zero attached hydrogens (tertiary/aromatic N) is 3. The van der Waals surface area contributed by atoms with Crippen LogP contribution in [0.2, 0.25) is 0 Å². The van der Waals surface area contributed by atoms with E-state index >= 15 is 0 Å². The van der Waals surface area contributed by atoms with Gasteiger partial charge in [0.25, 0.3) is 0 Å². The Kier molecular flexibility index (Phi) is 4.26. The molecule has 1 atom stereocenters. The minimum absolute atomic E-state index is 0.618. The van der Waals surface area contributed by atoms with Crippen LogP contribution in [0.3, 0.4) is 0 Å². The molecule has 0 aliphatic heterocycles. The van der Waals surface area contributed by atoms with Crippen LogP contribution in [0.1, 0.15) is 57.1 Å². The summed E-state index contributed by atoms with van der Waals surface area (Å²) < 4.78 is 1.67. The summed E-state index contributed by atoms with van der Waals surface area (Å²) >= 11 is 0. The van der Waals surface area contributed by atoms with Gasteiger partial charge in [0, 0.05) is 18.8 Å². The predicted octanol–water partition coefficient (Wildman–Crippen LogP) is 2.95. The lowest BCUT2D eigenvalue weighted by Crippen LogP contribution is -2.32. The molecule has 1 aromatic rings. The molecular weight excluding hydrogens is 238 g/mol. The number of nitriles is 1. The average Bonchev–Trinajstić information content (AvgIpc) is 2.86. The summed E-state index contributed by atoms with van der Waals surface area (Å²) in [7, 11) is 1.83. The molecule has 0 amide bonds. The van der Waals surface area contributed by atoms with E-state index in [4.69, 9.17) is 0 Å². The van der Waals surface area contributed by atoms with Gasteiger partial charge < -0.3 is 5.11 Å². The zero-order valence-corrected chi connectivity index (χ0v) is 11.8. The normalized spacial score (nSPS) is 28.8. The van der Waals surface area contributed by atoms with Gasteiger partial charge in [-0.1, -0.05) is 19.8 Å². The standard InChI is InChI=1S/C15H23N3O/c1-3-4-12-5-7-15(11-16,8-6-12)14(19)13-9-17-18(2)10-13/h9-10,12,14,19H,3-8H2,1-2H3. The first kappa shape index (κ1) is 14.1. The molecule has 104 valence electrons. The fourth-order valence-corrected chi connectivity index (χ4v) is 3.24. The van der Waals surface area contributed by atoms with E-state index in [-0.39, 0.29) is 0 Å². The molecule has 1 unspecified atom stereocenters. The van der Waals surface area contributed by atoms with Gasteiger partial charge in [0.05, 0.1) is 17.7 Å². The molecule has 1 aromatic heterocycles. The summed E-state index contributed by atoms with van der Waals surface area (Å²) in [5.74, 6) is 0.729. The number of aliphatic hydroxyl groups excluding tert-OH is 1. The van der Waals surface area contributed by atoms with Crippen LogP contribution in [0.5, 0.6) is 0 Å². The Hall–Kier alpha value is -1.34. The van der Waals surface area contributed by atoms with Crippen molar-refractivity contribution in [2.45, 2.75) is 51.6 Å². The first-order valence-electron chi connectivity index (χ1n) is 7.19. The van der Waals surface area contributed by atoms with Gasteiger partial charge in [-0.25, -0.2) is 0 Å². The Morgan fingerprint density at radius 3 is 2.74 bits per heavy atom. The van der Waals surface area contributed by atoms with Crippen LogP contribution in [0.25, 0.3) is 0 Å². The second-order valence-corrected chi connectivity index (χ2v) is 5.85. The van der Waals surface area contributed by atoms with E-state index in [0.29, 0.717) is 0 Å². The Morgan fingerprint density at radius 1 is 1.58 bits per heavy atom. The molecule has 1 heterocycles. The van der Waals surface area contributed by atoms with Gasteiger partial charge in [0.2, 0.25) is 0 Å². The number of hydrogen-bond donors (Lipinski definition) is 1. The average molecular weight is 261 g/mol.